The van der Waals surface area contributed by atoms with Crippen LogP contribution in [-0.2, 0) is 19.1 Å². The maximum absolute atomic E-state index is 11.3. The summed E-state index contributed by atoms with van der Waals surface area (Å²) >= 11 is 6.91. The number of fused-ring (bicyclic) bond motifs is 5. The van der Waals surface area contributed by atoms with Crippen LogP contribution in [0.2, 0.25) is 0 Å². The molecule has 0 aromatic heterocycles. The molecule has 0 saturated carbocycles. The van der Waals surface area contributed by atoms with Crippen LogP contribution >= 0.6 is 31.9 Å². The lowest BCUT2D eigenvalue weighted by molar-refractivity contribution is -0.156. The molecule has 0 radical (unpaired) electrons. The van der Waals surface area contributed by atoms with Crippen LogP contribution in [0.5, 0.6) is 0 Å². The van der Waals surface area contributed by atoms with Crippen molar-refractivity contribution in [3.05, 3.63) is 0 Å². The minimum Gasteiger partial charge on any atom is -0.393 e. The zero-order chi connectivity index (χ0) is 10.0. The van der Waals surface area contributed by atoms with E-state index in [1.807, 2.05) is 0 Å². The van der Waals surface area contributed by atoms with Gasteiger partial charge in [0.1, 0.15) is 11.8 Å². The largest absolute Gasteiger partial charge is 0.393 e. The smallest absolute Gasteiger partial charge is 0.320 e. The SMILES string of the molecule is O=C1OC(=O)[C@H]2[C@H]3O[C@@H]([C@H](Br)[C@@H]3Br)[C@H]12. The molecule has 6 heteroatoms. The molecule has 0 amide bonds. The Morgan fingerprint density at radius 2 is 1.36 bits per heavy atom. The molecule has 0 spiro atoms. The Morgan fingerprint density at radius 1 is 0.929 bits per heavy atom. The second-order valence-electron chi connectivity index (χ2n) is 3.75. The second-order valence-corrected chi connectivity index (χ2v) is 5.86. The fraction of sp³-hybridized carbons (Fsp3) is 0.750. The van der Waals surface area contributed by atoms with Crippen LogP contribution in [0.25, 0.3) is 0 Å². The van der Waals surface area contributed by atoms with E-state index in [-0.39, 0.29) is 21.9 Å². The molecular weight excluding hydrogens is 320 g/mol. The highest BCUT2D eigenvalue weighted by Crippen LogP contribution is 2.52. The summed E-state index contributed by atoms with van der Waals surface area (Å²) < 4.78 is 10.2. The molecule has 0 N–H and O–H groups in total. The Labute approximate surface area is 96.6 Å². The topological polar surface area (TPSA) is 52.6 Å². The molecule has 3 aliphatic rings. The Kier molecular flexibility index (Phi) is 1.86. The van der Waals surface area contributed by atoms with Crippen LogP contribution in [0.3, 0.4) is 0 Å². The first-order valence-corrected chi connectivity index (χ1v) is 6.13. The van der Waals surface area contributed by atoms with Gasteiger partial charge in [0.2, 0.25) is 0 Å². The van der Waals surface area contributed by atoms with Gasteiger partial charge in [0.25, 0.3) is 0 Å². The van der Waals surface area contributed by atoms with Crippen LogP contribution in [0.4, 0.5) is 0 Å². The summed E-state index contributed by atoms with van der Waals surface area (Å²) in [6.07, 6.45) is -0.457. The number of esters is 2. The standard InChI is InChI=1S/C8H6Br2O4/c9-3-4(10)6-2-1(5(3)13-6)7(11)14-8(2)12/h1-6H/t1-,2-,3-,4+,5-,6-/m1/s1. The Bertz CT molecular complexity index is 301. The number of hydrogen-bond donors (Lipinski definition) is 0. The molecule has 3 aliphatic heterocycles. The van der Waals surface area contributed by atoms with Crippen molar-refractivity contribution >= 4 is 43.8 Å². The third-order valence-electron chi connectivity index (χ3n) is 3.09. The molecule has 0 unspecified atom stereocenters. The highest BCUT2D eigenvalue weighted by atomic mass is 79.9. The van der Waals surface area contributed by atoms with E-state index < -0.39 is 23.8 Å². The Balaban J connectivity index is 2.01. The van der Waals surface area contributed by atoms with Gasteiger partial charge in [-0.05, 0) is 0 Å². The van der Waals surface area contributed by atoms with E-state index in [1.54, 1.807) is 0 Å². The quantitative estimate of drug-likeness (QED) is 0.372. The van der Waals surface area contributed by atoms with Gasteiger partial charge in [-0.25, -0.2) is 0 Å². The molecule has 3 heterocycles. The molecule has 3 fully saturated rings. The third kappa shape index (κ3) is 0.919. The summed E-state index contributed by atoms with van der Waals surface area (Å²) in [4.78, 5) is 22.9. The predicted octanol–water partition coefficient (Wildman–Crippen LogP) is 0.610. The van der Waals surface area contributed by atoms with Crippen molar-refractivity contribution in [2.45, 2.75) is 21.9 Å². The average molecular weight is 326 g/mol. The summed E-state index contributed by atoms with van der Waals surface area (Å²) in [7, 11) is 0. The number of cyclic esters (lactones) is 2. The van der Waals surface area contributed by atoms with E-state index in [2.05, 4.69) is 36.6 Å². The van der Waals surface area contributed by atoms with Gasteiger partial charge in [-0.3, -0.25) is 9.59 Å². The average Bonchev–Trinajstić information content (AvgIpc) is 2.71. The molecule has 3 saturated heterocycles. The van der Waals surface area contributed by atoms with Gasteiger partial charge in [0.15, 0.2) is 0 Å². The van der Waals surface area contributed by atoms with Crippen LogP contribution in [0.15, 0.2) is 0 Å². The van der Waals surface area contributed by atoms with E-state index in [1.165, 1.54) is 0 Å². The van der Waals surface area contributed by atoms with Gasteiger partial charge >= 0.3 is 11.9 Å². The Hall–Kier alpha value is 0.0600. The maximum Gasteiger partial charge on any atom is 0.320 e. The third-order valence-corrected chi connectivity index (χ3v) is 5.98. The van der Waals surface area contributed by atoms with Gasteiger partial charge in [0, 0.05) is 0 Å². The fourth-order valence-electron chi connectivity index (χ4n) is 2.46. The first-order valence-electron chi connectivity index (χ1n) is 4.30. The van der Waals surface area contributed by atoms with E-state index in [0.29, 0.717) is 0 Å². The van der Waals surface area contributed by atoms with Crippen molar-refractivity contribution in [1.29, 1.82) is 0 Å². The minimum atomic E-state index is -0.434. The zero-order valence-corrected chi connectivity index (χ0v) is 10.0. The lowest BCUT2D eigenvalue weighted by atomic mass is 9.81. The van der Waals surface area contributed by atoms with Crippen LogP contribution in [-0.4, -0.2) is 33.8 Å². The molecule has 0 aromatic carbocycles. The molecular formula is C8H6Br2O4. The van der Waals surface area contributed by atoms with Crippen LogP contribution in [0, 0.1) is 11.8 Å². The summed E-state index contributed by atoms with van der Waals surface area (Å²) in [6.45, 7) is 0. The molecule has 76 valence electrons. The number of ether oxygens (including phenoxy) is 2. The van der Waals surface area contributed by atoms with Gasteiger partial charge in [-0.2, -0.15) is 0 Å². The van der Waals surface area contributed by atoms with Crippen LogP contribution in [0.1, 0.15) is 0 Å². The summed E-state index contributed by atoms with van der Waals surface area (Å²) in [5.74, 6) is -1.66. The number of carbonyl (C=O) groups is 2. The van der Waals surface area contributed by atoms with Gasteiger partial charge in [0.05, 0.1) is 21.9 Å². The molecule has 14 heavy (non-hydrogen) atoms. The normalized spacial score (nSPS) is 55.0. The van der Waals surface area contributed by atoms with E-state index in [9.17, 15) is 9.59 Å². The zero-order valence-electron chi connectivity index (χ0n) is 6.85. The molecule has 6 atom stereocenters. The number of alkyl halides is 2. The van der Waals surface area contributed by atoms with Crippen molar-refractivity contribution in [3.63, 3.8) is 0 Å². The van der Waals surface area contributed by atoms with Crippen molar-refractivity contribution in [1.82, 2.24) is 0 Å². The number of rotatable bonds is 0. The number of carbonyl (C=O) groups excluding carboxylic acids is 2. The van der Waals surface area contributed by atoms with Crippen molar-refractivity contribution in [3.8, 4) is 0 Å². The second kappa shape index (κ2) is 2.80. The lowest BCUT2D eigenvalue weighted by Gasteiger charge is -2.23. The Morgan fingerprint density at radius 3 is 1.79 bits per heavy atom. The number of halogens is 2. The van der Waals surface area contributed by atoms with Crippen LogP contribution < -0.4 is 0 Å². The molecule has 0 aromatic rings. The van der Waals surface area contributed by atoms with Crippen molar-refractivity contribution in [2.24, 2.45) is 11.8 Å². The monoisotopic (exact) mass is 324 g/mol. The summed E-state index contributed by atoms with van der Waals surface area (Å²) in [5.41, 5.74) is 0. The number of hydrogen-bond acceptors (Lipinski definition) is 4. The van der Waals surface area contributed by atoms with Gasteiger partial charge in [-0.15, -0.1) is 0 Å². The maximum atomic E-state index is 11.3. The van der Waals surface area contributed by atoms with E-state index >= 15 is 0 Å². The summed E-state index contributed by atoms with van der Waals surface area (Å²) in [5, 5.41) is 0. The molecule has 4 nitrogen and oxygen atoms in total. The van der Waals surface area contributed by atoms with Crippen molar-refractivity contribution < 1.29 is 19.1 Å². The van der Waals surface area contributed by atoms with E-state index in [4.69, 9.17) is 4.74 Å². The van der Waals surface area contributed by atoms with E-state index in [0.717, 1.165) is 0 Å². The molecule has 0 aliphatic carbocycles. The highest BCUT2D eigenvalue weighted by molar-refractivity contribution is 9.12. The molecule has 3 rings (SSSR count). The van der Waals surface area contributed by atoms with Gasteiger partial charge < -0.3 is 9.47 Å². The summed E-state index contributed by atoms with van der Waals surface area (Å²) in [6, 6.07) is 0. The molecule has 2 bridgehead atoms. The first kappa shape index (κ1) is 9.30. The van der Waals surface area contributed by atoms with Crippen molar-refractivity contribution in [2.75, 3.05) is 0 Å². The first-order chi connectivity index (χ1) is 6.61. The minimum absolute atomic E-state index is 0.0761. The van der Waals surface area contributed by atoms with Gasteiger partial charge in [-0.1, -0.05) is 31.9 Å². The predicted molar refractivity (Wildman–Crippen MR) is 52.2 cm³/mol. The lowest BCUT2D eigenvalue weighted by Crippen LogP contribution is -2.42. The highest BCUT2D eigenvalue weighted by Gasteiger charge is 2.67. The fourth-order valence-corrected chi connectivity index (χ4v) is 3.97.